The van der Waals surface area contributed by atoms with Crippen LogP contribution in [0.25, 0.3) is 0 Å². The summed E-state index contributed by atoms with van der Waals surface area (Å²) in [7, 11) is -2.91. The molecule has 6 heteroatoms. The molecule has 0 bridgehead atoms. The average Bonchev–Trinajstić information content (AvgIpc) is 2.52. The third-order valence-electron chi connectivity index (χ3n) is 3.12. The molecule has 0 aromatic heterocycles. The van der Waals surface area contributed by atoms with Crippen LogP contribution in [0.1, 0.15) is 25.7 Å². The number of nitrogens with one attached hydrogen (secondary N) is 1. The predicted molar refractivity (Wildman–Crippen MR) is 72.5 cm³/mol. The van der Waals surface area contributed by atoms with Crippen LogP contribution >= 0.6 is 12.2 Å². The van der Waals surface area contributed by atoms with E-state index in [9.17, 15) is 8.42 Å². The second kappa shape index (κ2) is 5.35. The van der Waals surface area contributed by atoms with Gasteiger partial charge in [0.1, 0.15) is 0 Å². The number of hydrogen-bond donors (Lipinski definition) is 1. The van der Waals surface area contributed by atoms with Gasteiger partial charge in [-0.3, -0.25) is 0 Å². The lowest BCUT2D eigenvalue weighted by atomic mass is 10.2. The Morgan fingerprint density at radius 1 is 1.24 bits per heavy atom. The van der Waals surface area contributed by atoms with Gasteiger partial charge in [-0.15, -0.1) is 0 Å². The van der Waals surface area contributed by atoms with E-state index in [1.807, 2.05) is 0 Å². The van der Waals surface area contributed by atoms with Crippen LogP contribution in [-0.2, 0) is 9.84 Å². The second-order valence-corrected chi connectivity index (χ2v) is 7.11. The van der Waals surface area contributed by atoms with Gasteiger partial charge >= 0.3 is 0 Å². The Morgan fingerprint density at radius 3 is 2.41 bits per heavy atom. The molecule has 0 atom stereocenters. The van der Waals surface area contributed by atoms with Gasteiger partial charge in [-0.25, -0.2) is 8.42 Å². The van der Waals surface area contributed by atoms with Crippen molar-refractivity contribution >= 4 is 27.2 Å². The summed E-state index contributed by atoms with van der Waals surface area (Å²) in [5, 5.41) is 3.75. The van der Waals surface area contributed by atoms with Gasteiger partial charge in [0.25, 0.3) is 0 Å². The molecule has 0 amide bonds. The molecule has 0 unspecified atom stereocenters. The summed E-state index contributed by atoms with van der Waals surface area (Å²) in [6.07, 6.45) is 6.57. The molecule has 0 aliphatic carbocycles. The van der Waals surface area contributed by atoms with Gasteiger partial charge in [-0.2, -0.15) is 0 Å². The Hall–Kier alpha value is -0.620. The molecule has 1 saturated heterocycles. The van der Waals surface area contributed by atoms with Gasteiger partial charge in [0.15, 0.2) is 14.9 Å². The highest BCUT2D eigenvalue weighted by Crippen LogP contribution is 2.12. The first-order valence-corrected chi connectivity index (χ1v) is 8.25. The van der Waals surface area contributed by atoms with Crippen molar-refractivity contribution in [2.45, 2.75) is 25.7 Å². The molecule has 2 aliphatic rings. The van der Waals surface area contributed by atoms with E-state index in [0.717, 1.165) is 18.8 Å². The molecule has 0 radical (unpaired) electrons. The molecular formula is C11H18N2O2S2. The van der Waals surface area contributed by atoms with Gasteiger partial charge < -0.3 is 10.2 Å². The summed E-state index contributed by atoms with van der Waals surface area (Å²) >= 11 is 5.32. The van der Waals surface area contributed by atoms with Crippen molar-refractivity contribution in [3.8, 4) is 0 Å². The molecule has 1 N–H and O–H groups in total. The monoisotopic (exact) mass is 274 g/mol. The number of thiocarbonyl (C=S) groups is 1. The molecule has 0 aromatic carbocycles. The topological polar surface area (TPSA) is 49.4 Å². The SMILES string of the molecule is O=S1(=O)CC=C(NC(=S)N2CCCCCC2)C1. The molecule has 0 spiro atoms. The van der Waals surface area contributed by atoms with Crippen molar-refractivity contribution in [3.05, 3.63) is 11.8 Å². The number of sulfone groups is 1. The summed E-state index contributed by atoms with van der Waals surface area (Å²) in [4.78, 5) is 2.15. The molecule has 2 heterocycles. The van der Waals surface area contributed by atoms with E-state index in [2.05, 4.69) is 10.2 Å². The lowest BCUT2D eigenvalue weighted by Crippen LogP contribution is -2.40. The summed E-state index contributed by atoms with van der Waals surface area (Å²) < 4.78 is 22.6. The first-order valence-electron chi connectivity index (χ1n) is 6.02. The fraction of sp³-hybridized carbons (Fsp3) is 0.727. The number of likely N-dealkylation sites (tertiary alicyclic amines) is 1. The van der Waals surface area contributed by atoms with Crippen molar-refractivity contribution in [1.29, 1.82) is 0 Å². The molecule has 17 heavy (non-hydrogen) atoms. The van der Waals surface area contributed by atoms with Crippen LogP contribution in [0.3, 0.4) is 0 Å². The molecule has 96 valence electrons. The Kier molecular flexibility index (Phi) is 4.04. The summed E-state index contributed by atoms with van der Waals surface area (Å²) in [5.41, 5.74) is 0.735. The smallest absolute Gasteiger partial charge is 0.173 e. The Labute approximate surface area is 108 Å². The van der Waals surface area contributed by atoms with Crippen molar-refractivity contribution in [1.82, 2.24) is 10.2 Å². The van der Waals surface area contributed by atoms with Gasteiger partial charge in [0.2, 0.25) is 0 Å². The molecule has 2 aliphatic heterocycles. The van der Waals surface area contributed by atoms with Crippen molar-refractivity contribution in [2.75, 3.05) is 24.6 Å². The average molecular weight is 274 g/mol. The maximum atomic E-state index is 11.3. The molecule has 2 rings (SSSR count). The van der Waals surface area contributed by atoms with Crippen LogP contribution in [-0.4, -0.2) is 43.0 Å². The number of rotatable bonds is 1. The van der Waals surface area contributed by atoms with Crippen molar-refractivity contribution in [3.63, 3.8) is 0 Å². The fourth-order valence-electron chi connectivity index (χ4n) is 2.16. The maximum Gasteiger partial charge on any atom is 0.173 e. The molecular weight excluding hydrogens is 256 g/mol. The standard InChI is InChI=1S/C11H18N2O2S2/c14-17(15)8-5-10(9-17)12-11(16)13-6-3-1-2-4-7-13/h5H,1-4,6-9H2,(H,12,16). The van der Waals surface area contributed by atoms with Gasteiger partial charge in [-0.05, 0) is 31.1 Å². The minimum absolute atomic E-state index is 0.0982. The quantitative estimate of drug-likeness (QED) is 0.724. The van der Waals surface area contributed by atoms with E-state index in [-0.39, 0.29) is 11.5 Å². The highest BCUT2D eigenvalue weighted by atomic mass is 32.2. The van der Waals surface area contributed by atoms with E-state index in [1.165, 1.54) is 25.7 Å². The number of hydrogen-bond acceptors (Lipinski definition) is 3. The highest BCUT2D eigenvalue weighted by Gasteiger charge is 2.21. The van der Waals surface area contributed by atoms with Gasteiger partial charge in [-0.1, -0.05) is 12.8 Å². The lowest BCUT2D eigenvalue weighted by Gasteiger charge is -2.24. The van der Waals surface area contributed by atoms with E-state index in [1.54, 1.807) is 6.08 Å². The van der Waals surface area contributed by atoms with Gasteiger partial charge in [0, 0.05) is 18.8 Å². The Bertz CT molecular complexity index is 421. The van der Waals surface area contributed by atoms with E-state index >= 15 is 0 Å². The van der Waals surface area contributed by atoms with Crippen LogP contribution in [0.4, 0.5) is 0 Å². The van der Waals surface area contributed by atoms with Crippen LogP contribution < -0.4 is 5.32 Å². The van der Waals surface area contributed by atoms with Crippen LogP contribution in [0, 0.1) is 0 Å². The normalized spacial score (nSPS) is 24.0. The zero-order valence-corrected chi connectivity index (χ0v) is 11.4. The molecule has 4 nitrogen and oxygen atoms in total. The maximum absolute atomic E-state index is 11.3. The fourth-order valence-corrected chi connectivity index (χ4v) is 3.71. The largest absolute Gasteiger partial charge is 0.349 e. The molecule has 1 fully saturated rings. The van der Waals surface area contributed by atoms with Gasteiger partial charge in [0.05, 0.1) is 11.5 Å². The highest BCUT2D eigenvalue weighted by molar-refractivity contribution is 7.92. The first kappa shape index (κ1) is 12.8. The number of nitrogens with zero attached hydrogens (tertiary/aromatic N) is 1. The van der Waals surface area contributed by atoms with Crippen LogP contribution in [0.2, 0.25) is 0 Å². The van der Waals surface area contributed by atoms with E-state index in [0.29, 0.717) is 5.11 Å². The Balaban J connectivity index is 1.88. The van der Waals surface area contributed by atoms with Crippen LogP contribution in [0.15, 0.2) is 11.8 Å². The zero-order chi connectivity index (χ0) is 12.3. The third kappa shape index (κ3) is 3.67. The third-order valence-corrected chi connectivity index (χ3v) is 4.91. The van der Waals surface area contributed by atoms with Crippen LogP contribution in [0.5, 0.6) is 0 Å². The summed E-state index contributed by atoms with van der Waals surface area (Å²) in [6, 6.07) is 0. The van der Waals surface area contributed by atoms with Crippen molar-refractivity contribution in [2.24, 2.45) is 0 Å². The van der Waals surface area contributed by atoms with Crippen molar-refractivity contribution < 1.29 is 8.42 Å². The minimum atomic E-state index is -2.91. The summed E-state index contributed by atoms with van der Waals surface area (Å²) in [6.45, 7) is 1.96. The minimum Gasteiger partial charge on any atom is -0.349 e. The summed E-state index contributed by atoms with van der Waals surface area (Å²) in [5.74, 6) is 0.235. The van der Waals surface area contributed by atoms with E-state index < -0.39 is 9.84 Å². The zero-order valence-electron chi connectivity index (χ0n) is 9.81. The van der Waals surface area contributed by atoms with E-state index in [4.69, 9.17) is 12.2 Å². The second-order valence-electron chi connectivity index (χ2n) is 4.62. The lowest BCUT2D eigenvalue weighted by molar-refractivity contribution is 0.431. The Morgan fingerprint density at radius 2 is 1.88 bits per heavy atom. The molecule has 0 aromatic rings. The first-order chi connectivity index (χ1) is 8.07. The predicted octanol–water partition coefficient (Wildman–Crippen LogP) is 1.05. The molecule has 0 saturated carbocycles.